The largest absolute Gasteiger partial charge is 0.387 e. The molecular formula is C18H20Cl2N2O2. The number of anilines is 1. The summed E-state index contributed by atoms with van der Waals surface area (Å²) in [5.41, 5.74) is 2.30. The van der Waals surface area contributed by atoms with Crippen LogP contribution in [-0.4, -0.2) is 24.1 Å². The molecule has 0 heterocycles. The molecule has 1 unspecified atom stereocenters. The molecule has 128 valence electrons. The van der Waals surface area contributed by atoms with Crippen LogP contribution in [0.15, 0.2) is 42.5 Å². The highest BCUT2D eigenvalue weighted by molar-refractivity contribution is 6.42. The van der Waals surface area contributed by atoms with E-state index in [-0.39, 0.29) is 5.91 Å². The molecule has 4 nitrogen and oxygen atoms in total. The molecule has 2 rings (SSSR count). The number of carbonyl (C=O) groups excluding carboxylic acids is 1. The monoisotopic (exact) mass is 366 g/mol. The van der Waals surface area contributed by atoms with Crippen molar-refractivity contribution < 1.29 is 9.90 Å². The fraction of sp³-hybridized carbons (Fsp3) is 0.278. The SMILES string of the molecule is CC(=O)Nc1ccc(Cl)c(Cl)c1CCNCC(O)c1ccccc1. The van der Waals surface area contributed by atoms with Gasteiger partial charge in [0, 0.05) is 19.2 Å². The number of aliphatic hydroxyl groups is 1. The Labute approximate surface area is 151 Å². The molecule has 0 aliphatic rings. The van der Waals surface area contributed by atoms with Crippen molar-refractivity contribution in [2.45, 2.75) is 19.4 Å². The molecule has 0 aromatic heterocycles. The fourth-order valence-electron chi connectivity index (χ4n) is 2.39. The van der Waals surface area contributed by atoms with Crippen molar-refractivity contribution in [3.63, 3.8) is 0 Å². The topological polar surface area (TPSA) is 61.4 Å². The van der Waals surface area contributed by atoms with E-state index in [4.69, 9.17) is 23.2 Å². The van der Waals surface area contributed by atoms with Gasteiger partial charge in [0.1, 0.15) is 0 Å². The lowest BCUT2D eigenvalue weighted by atomic mass is 10.1. The molecule has 0 saturated heterocycles. The maximum atomic E-state index is 11.3. The van der Waals surface area contributed by atoms with Gasteiger partial charge >= 0.3 is 0 Å². The van der Waals surface area contributed by atoms with Gasteiger partial charge in [-0.25, -0.2) is 0 Å². The molecule has 0 saturated carbocycles. The third-order valence-electron chi connectivity index (χ3n) is 3.58. The van der Waals surface area contributed by atoms with Crippen molar-refractivity contribution in [1.82, 2.24) is 5.32 Å². The number of rotatable bonds is 7. The summed E-state index contributed by atoms with van der Waals surface area (Å²) in [4.78, 5) is 11.3. The Morgan fingerprint density at radius 3 is 2.54 bits per heavy atom. The Bertz CT molecular complexity index is 693. The molecule has 1 atom stereocenters. The summed E-state index contributed by atoms with van der Waals surface area (Å²) in [6.45, 7) is 2.47. The zero-order chi connectivity index (χ0) is 17.5. The van der Waals surface area contributed by atoms with Crippen LogP contribution in [0.2, 0.25) is 10.0 Å². The number of hydrogen-bond acceptors (Lipinski definition) is 3. The van der Waals surface area contributed by atoms with E-state index in [2.05, 4.69) is 10.6 Å². The summed E-state index contributed by atoms with van der Waals surface area (Å²) in [6.07, 6.45) is 0.00659. The van der Waals surface area contributed by atoms with Crippen molar-refractivity contribution in [2.75, 3.05) is 18.4 Å². The van der Waals surface area contributed by atoms with Gasteiger partial charge in [-0.05, 0) is 36.2 Å². The summed E-state index contributed by atoms with van der Waals surface area (Å²) in [7, 11) is 0. The van der Waals surface area contributed by atoms with E-state index in [0.29, 0.717) is 35.2 Å². The van der Waals surface area contributed by atoms with Crippen LogP contribution in [0.3, 0.4) is 0 Å². The van der Waals surface area contributed by atoms with Gasteiger partial charge in [-0.1, -0.05) is 53.5 Å². The maximum Gasteiger partial charge on any atom is 0.221 e. The molecule has 0 aliphatic carbocycles. The van der Waals surface area contributed by atoms with Crippen LogP contribution in [0.1, 0.15) is 24.2 Å². The van der Waals surface area contributed by atoms with Gasteiger partial charge in [0.15, 0.2) is 0 Å². The van der Waals surface area contributed by atoms with E-state index in [1.807, 2.05) is 30.3 Å². The lowest BCUT2D eigenvalue weighted by Gasteiger charge is -2.15. The number of nitrogens with one attached hydrogen (secondary N) is 2. The van der Waals surface area contributed by atoms with Crippen LogP contribution < -0.4 is 10.6 Å². The summed E-state index contributed by atoms with van der Waals surface area (Å²) >= 11 is 12.3. The highest BCUT2D eigenvalue weighted by atomic mass is 35.5. The predicted octanol–water partition coefficient (Wildman–Crippen LogP) is 3.82. The van der Waals surface area contributed by atoms with Crippen molar-refractivity contribution in [3.05, 3.63) is 63.6 Å². The van der Waals surface area contributed by atoms with E-state index < -0.39 is 6.10 Å². The van der Waals surface area contributed by atoms with Gasteiger partial charge in [-0.15, -0.1) is 0 Å². The number of hydrogen-bond donors (Lipinski definition) is 3. The molecule has 0 radical (unpaired) electrons. The van der Waals surface area contributed by atoms with Gasteiger partial charge < -0.3 is 15.7 Å². The number of carbonyl (C=O) groups is 1. The summed E-state index contributed by atoms with van der Waals surface area (Å²) in [5, 5.41) is 17.0. The Hall–Kier alpha value is -1.59. The quantitative estimate of drug-likeness (QED) is 0.652. The summed E-state index contributed by atoms with van der Waals surface area (Å²) < 4.78 is 0. The smallest absolute Gasteiger partial charge is 0.221 e. The maximum absolute atomic E-state index is 11.3. The van der Waals surface area contributed by atoms with E-state index in [9.17, 15) is 9.90 Å². The number of benzene rings is 2. The standard InChI is InChI=1S/C18H20Cl2N2O2/c1-12(23)22-16-8-7-15(19)18(20)14(16)9-10-21-11-17(24)13-5-3-2-4-6-13/h2-8,17,21,24H,9-11H2,1H3,(H,22,23). The van der Waals surface area contributed by atoms with Crippen molar-refractivity contribution >= 4 is 34.8 Å². The van der Waals surface area contributed by atoms with Crippen LogP contribution in [-0.2, 0) is 11.2 Å². The van der Waals surface area contributed by atoms with Crippen molar-refractivity contribution in [1.29, 1.82) is 0 Å². The Morgan fingerprint density at radius 1 is 1.17 bits per heavy atom. The van der Waals surface area contributed by atoms with Gasteiger partial charge in [0.05, 0.1) is 16.1 Å². The summed E-state index contributed by atoms with van der Waals surface area (Å²) in [6, 6.07) is 12.9. The molecular weight excluding hydrogens is 347 g/mol. The average Bonchev–Trinajstić information content (AvgIpc) is 2.57. The minimum atomic E-state index is -0.573. The molecule has 3 N–H and O–H groups in total. The zero-order valence-electron chi connectivity index (χ0n) is 13.4. The Morgan fingerprint density at radius 2 is 1.88 bits per heavy atom. The van der Waals surface area contributed by atoms with E-state index in [0.717, 1.165) is 11.1 Å². The van der Waals surface area contributed by atoms with Gasteiger partial charge in [0.25, 0.3) is 0 Å². The number of aliphatic hydroxyl groups excluding tert-OH is 1. The average molecular weight is 367 g/mol. The van der Waals surface area contributed by atoms with E-state index >= 15 is 0 Å². The Kier molecular flexibility index (Phi) is 7.06. The van der Waals surface area contributed by atoms with Crippen LogP contribution in [0.5, 0.6) is 0 Å². The molecule has 0 bridgehead atoms. The molecule has 24 heavy (non-hydrogen) atoms. The molecule has 0 fully saturated rings. The van der Waals surface area contributed by atoms with Crippen LogP contribution in [0.25, 0.3) is 0 Å². The van der Waals surface area contributed by atoms with E-state index in [1.165, 1.54) is 6.92 Å². The van der Waals surface area contributed by atoms with Crippen molar-refractivity contribution in [2.24, 2.45) is 0 Å². The van der Waals surface area contributed by atoms with Crippen LogP contribution in [0.4, 0.5) is 5.69 Å². The second-order valence-corrected chi connectivity index (χ2v) is 6.23. The second-order valence-electron chi connectivity index (χ2n) is 5.45. The highest BCUT2D eigenvalue weighted by Crippen LogP contribution is 2.32. The van der Waals surface area contributed by atoms with Crippen LogP contribution >= 0.6 is 23.2 Å². The van der Waals surface area contributed by atoms with Crippen molar-refractivity contribution in [3.8, 4) is 0 Å². The zero-order valence-corrected chi connectivity index (χ0v) is 14.9. The first-order valence-corrected chi connectivity index (χ1v) is 8.43. The molecule has 0 spiro atoms. The normalized spacial score (nSPS) is 12.0. The first-order chi connectivity index (χ1) is 11.5. The second kappa shape index (κ2) is 9.04. The third-order valence-corrected chi connectivity index (χ3v) is 4.42. The van der Waals surface area contributed by atoms with Crippen LogP contribution in [0, 0.1) is 0 Å². The minimum Gasteiger partial charge on any atom is -0.387 e. The predicted molar refractivity (Wildman–Crippen MR) is 98.7 cm³/mol. The van der Waals surface area contributed by atoms with E-state index in [1.54, 1.807) is 12.1 Å². The lowest BCUT2D eigenvalue weighted by molar-refractivity contribution is -0.114. The third kappa shape index (κ3) is 5.21. The number of halogens is 2. The molecule has 2 aromatic rings. The highest BCUT2D eigenvalue weighted by Gasteiger charge is 2.12. The molecule has 1 amide bonds. The first-order valence-electron chi connectivity index (χ1n) is 7.67. The number of amides is 1. The van der Waals surface area contributed by atoms with Gasteiger partial charge in [-0.3, -0.25) is 4.79 Å². The molecule has 2 aromatic carbocycles. The lowest BCUT2D eigenvalue weighted by Crippen LogP contribution is -2.24. The fourth-order valence-corrected chi connectivity index (χ4v) is 2.83. The van der Waals surface area contributed by atoms with Gasteiger partial charge in [-0.2, -0.15) is 0 Å². The molecule has 6 heteroatoms. The molecule has 0 aliphatic heterocycles. The van der Waals surface area contributed by atoms with Gasteiger partial charge in [0.2, 0.25) is 5.91 Å². The Balaban J connectivity index is 1.94. The minimum absolute atomic E-state index is 0.165. The summed E-state index contributed by atoms with van der Waals surface area (Å²) in [5.74, 6) is -0.165. The first kappa shape index (κ1) is 18.7.